The SMILES string of the molecule is O=C(NCC(c1cccs1)N1CCOCC1)c1cc2ccc(Br)cc2[nH]1. The number of aromatic amines is 1. The highest BCUT2D eigenvalue weighted by Crippen LogP contribution is 2.26. The van der Waals surface area contributed by atoms with E-state index in [0.29, 0.717) is 12.2 Å². The quantitative estimate of drug-likeness (QED) is 0.643. The van der Waals surface area contributed by atoms with Gasteiger partial charge in [-0.2, -0.15) is 0 Å². The number of benzene rings is 1. The van der Waals surface area contributed by atoms with Crippen molar-refractivity contribution in [3.8, 4) is 0 Å². The Morgan fingerprint density at radius 1 is 1.31 bits per heavy atom. The first-order chi connectivity index (χ1) is 12.7. The van der Waals surface area contributed by atoms with Crippen molar-refractivity contribution in [3.05, 3.63) is 56.8 Å². The summed E-state index contributed by atoms with van der Waals surface area (Å²) in [6.07, 6.45) is 0. The number of H-pyrrole nitrogens is 1. The predicted molar refractivity (Wildman–Crippen MR) is 108 cm³/mol. The number of aromatic nitrogens is 1. The summed E-state index contributed by atoms with van der Waals surface area (Å²) < 4.78 is 6.46. The Bertz CT molecular complexity index is 887. The van der Waals surface area contributed by atoms with Crippen LogP contribution in [-0.4, -0.2) is 48.6 Å². The second-order valence-electron chi connectivity index (χ2n) is 6.30. The minimum Gasteiger partial charge on any atom is -0.379 e. The van der Waals surface area contributed by atoms with E-state index in [-0.39, 0.29) is 11.9 Å². The number of thiophene rings is 1. The first kappa shape index (κ1) is 17.7. The molecule has 1 amide bonds. The number of rotatable bonds is 5. The fourth-order valence-electron chi connectivity index (χ4n) is 3.29. The maximum Gasteiger partial charge on any atom is 0.267 e. The van der Waals surface area contributed by atoms with Crippen LogP contribution in [0.4, 0.5) is 0 Å². The summed E-state index contributed by atoms with van der Waals surface area (Å²) in [7, 11) is 0. The zero-order valence-electron chi connectivity index (χ0n) is 14.2. The largest absolute Gasteiger partial charge is 0.379 e. The molecule has 5 nitrogen and oxygen atoms in total. The highest BCUT2D eigenvalue weighted by atomic mass is 79.9. The van der Waals surface area contributed by atoms with Crippen LogP contribution in [0, 0.1) is 0 Å². The van der Waals surface area contributed by atoms with E-state index in [0.717, 1.165) is 41.7 Å². The van der Waals surface area contributed by atoms with Crippen molar-refractivity contribution in [2.75, 3.05) is 32.8 Å². The Balaban J connectivity index is 1.48. The average Bonchev–Trinajstić information content (AvgIpc) is 3.32. The van der Waals surface area contributed by atoms with Crippen LogP contribution >= 0.6 is 27.3 Å². The molecule has 7 heteroatoms. The Morgan fingerprint density at radius 2 is 2.15 bits per heavy atom. The fraction of sp³-hybridized carbons (Fsp3) is 0.316. The molecule has 136 valence electrons. The van der Waals surface area contributed by atoms with E-state index in [1.165, 1.54) is 4.88 Å². The molecule has 3 aromatic rings. The Morgan fingerprint density at radius 3 is 2.92 bits per heavy atom. The number of amides is 1. The van der Waals surface area contributed by atoms with Crippen molar-refractivity contribution in [1.82, 2.24) is 15.2 Å². The van der Waals surface area contributed by atoms with Gasteiger partial charge >= 0.3 is 0 Å². The lowest BCUT2D eigenvalue weighted by atomic mass is 10.2. The predicted octanol–water partition coefficient (Wildman–Crippen LogP) is 3.80. The van der Waals surface area contributed by atoms with Gasteiger partial charge in [-0.05, 0) is 29.6 Å². The van der Waals surface area contributed by atoms with Gasteiger partial charge in [0.1, 0.15) is 5.69 Å². The summed E-state index contributed by atoms with van der Waals surface area (Å²) in [4.78, 5) is 19.5. The standard InChI is InChI=1S/C19H20BrN3O2S/c20-14-4-3-13-10-16(22-15(13)11-14)19(24)21-12-17(18-2-1-9-26-18)23-5-7-25-8-6-23/h1-4,9-11,17,22H,5-8,12H2,(H,21,24). The van der Waals surface area contributed by atoms with Crippen molar-refractivity contribution in [1.29, 1.82) is 0 Å². The molecule has 1 saturated heterocycles. The summed E-state index contributed by atoms with van der Waals surface area (Å²) in [6.45, 7) is 3.84. The molecule has 1 fully saturated rings. The summed E-state index contributed by atoms with van der Waals surface area (Å²) in [6, 6.07) is 12.2. The Kier molecular flexibility index (Phi) is 5.40. The number of hydrogen-bond donors (Lipinski definition) is 2. The van der Waals surface area contributed by atoms with E-state index in [1.54, 1.807) is 11.3 Å². The molecule has 2 N–H and O–H groups in total. The number of carbonyl (C=O) groups excluding carboxylic acids is 1. The van der Waals surface area contributed by atoms with E-state index in [2.05, 4.69) is 48.6 Å². The number of nitrogens with zero attached hydrogens (tertiary/aromatic N) is 1. The van der Waals surface area contributed by atoms with Gasteiger partial charge in [-0.1, -0.05) is 28.1 Å². The van der Waals surface area contributed by atoms with Gasteiger partial charge in [-0.25, -0.2) is 0 Å². The zero-order valence-corrected chi connectivity index (χ0v) is 16.6. The van der Waals surface area contributed by atoms with E-state index in [1.807, 2.05) is 24.3 Å². The average molecular weight is 434 g/mol. The third-order valence-corrected chi connectivity index (χ3v) is 6.11. The summed E-state index contributed by atoms with van der Waals surface area (Å²) in [5, 5.41) is 6.21. The molecule has 0 aliphatic carbocycles. The number of nitrogens with one attached hydrogen (secondary N) is 2. The van der Waals surface area contributed by atoms with Gasteiger partial charge in [0.15, 0.2) is 0 Å². The molecule has 1 aliphatic rings. The number of halogens is 1. The highest BCUT2D eigenvalue weighted by molar-refractivity contribution is 9.10. The van der Waals surface area contributed by atoms with Gasteiger partial charge in [-0.3, -0.25) is 9.69 Å². The molecule has 0 spiro atoms. The van der Waals surface area contributed by atoms with Gasteiger partial charge in [0.25, 0.3) is 5.91 Å². The normalized spacial score (nSPS) is 16.7. The third kappa shape index (κ3) is 3.86. The van der Waals surface area contributed by atoms with Crippen LogP contribution in [-0.2, 0) is 4.74 Å². The zero-order chi connectivity index (χ0) is 17.9. The van der Waals surface area contributed by atoms with Crippen molar-refractivity contribution in [3.63, 3.8) is 0 Å². The van der Waals surface area contributed by atoms with Crippen LogP contribution in [0.15, 0.2) is 46.3 Å². The first-order valence-electron chi connectivity index (χ1n) is 8.62. The molecular weight excluding hydrogens is 414 g/mol. The number of ether oxygens (including phenoxy) is 1. The van der Waals surface area contributed by atoms with Gasteiger partial charge in [0, 0.05) is 39.9 Å². The second kappa shape index (κ2) is 7.92. The van der Waals surface area contributed by atoms with Crippen molar-refractivity contribution in [2.45, 2.75) is 6.04 Å². The van der Waals surface area contributed by atoms with Crippen molar-refractivity contribution < 1.29 is 9.53 Å². The highest BCUT2D eigenvalue weighted by Gasteiger charge is 2.24. The lowest BCUT2D eigenvalue weighted by Gasteiger charge is -2.34. The molecule has 1 atom stereocenters. The van der Waals surface area contributed by atoms with Gasteiger partial charge in [0.05, 0.1) is 19.3 Å². The molecule has 1 unspecified atom stereocenters. The number of hydrogen-bond acceptors (Lipinski definition) is 4. The molecule has 1 aliphatic heterocycles. The molecule has 3 heterocycles. The van der Waals surface area contributed by atoms with Gasteiger partial charge in [-0.15, -0.1) is 11.3 Å². The van der Waals surface area contributed by atoms with E-state index >= 15 is 0 Å². The molecule has 0 radical (unpaired) electrons. The molecule has 0 saturated carbocycles. The van der Waals surface area contributed by atoms with Crippen LogP contribution in [0.2, 0.25) is 0 Å². The minimum atomic E-state index is -0.0767. The summed E-state index contributed by atoms with van der Waals surface area (Å²) in [5.41, 5.74) is 1.54. The van der Waals surface area contributed by atoms with Crippen LogP contribution < -0.4 is 5.32 Å². The number of morpholine rings is 1. The van der Waals surface area contributed by atoms with E-state index in [9.17, 15) is 4.79 Å². The topological polar surface area (TPSA) is 57.4 Å². The molecule has 1 aromatic carbocycles. The molecular formula is C19H20BrN3O2S. The number of fused-ring (bicyclic) bond motifs is 1. The van der Waals surface area contributed by atoms with Crippen LogP contribution in [0.3, 0.4) is 0 Å². The van der Waals surface area contributed by atoms with Crippen molar-refractivity contribution in [2.24, 2.45) is 0 Å². The maximum absolute atomic E-state index is 12.7. The van der Waals surface area contributed by atoms with Gasteiger partial charge in [0.2, 0.25) is 0 Å². The lowest BCUT2D eigenvalue weighted by molar-refractivity contribution is 0.0169. The molecule has 4 rings (SSSR count). The monoisotopic (exact) mass is 433 g/mol. The fourth-order valence-corrected chi connectivity index (χ4v) is 4.51. The lowest BCUT2D eigenvalue weighted by Crippen LogP contribution is -2.43. The van der Waals surface area contributed by atoms with E-state index in [4.69, 9.17) is 4.74 Å². The molecule has 0 bridgehead atoms. The second-order valence-corrected chi connectivity index (χ2v) is 8.20. The van der Waals surface area contributed by atoms with Crippen LogP contribution in [0.25, 0.3) is 10.9 Å². The molecule has 2 aromatic heterocycles. The van der Waals surface area contributed by atoms with Gasteiger partial charge < -0.3 is 15.0 Å². The van der Waals surface area contributed by atoms with Crippen molar-refractivity contribution >= 4 is 44.1 Å². The smallest absolute Gasteiger partial charge is 0.267 e. The third-order valence-electron chi connectivity index (χ3n) is 4.64. The Labute approximate surface area is 164 Å². The Hall–Kier alpha value is -1.67. The number of carbonyl (C=O) groups is 1. The summed E-state index contributed by atoms with van der Waals surface area (Å²) >= 11 is 5.19. The van der Waals surface area contributed by atoms with Crippen LogP contribution in [0.5, 0.6) is 0 Å². The summed E-state index contributed by atoms with van der Waals surface area (Å²) in [5.74, 6) is -0.0767. The molecule has 26 heavy (non-hydrogen) atoms. The van der Waals surface area contributed by atoms with Crippen LogP contribution in [0.1, 0.15) is 21.4 Å². The first-order valence-corrected chi connectivity index (χ1v) is 10.3. The maximum atomic E-state index is 12.7. The minimum absolute atomic E-state index is 0.0767. The van der Waals surface area contributed by atoms with E-state index < -0.39 is 0 Å².